The number of carbonyl (C=O) groups excluding carboxylic acids is 2. The van der Waals surface area contributed by atoms with Gasteiger partial charge in [0, 0.05) is 0 Å². The molecular formula is C17H15Br2NO3. The number of Topliss-reactive ketones (excluding diaryl/α,β-unsaturated/α-hetero) is 1. The van der Waals surface area contributed by atoms with Crippen molar-refractivity contribution in [3.05, 3.63) is 71.8 Å². The zero-order chi connectivity index (χ0) is 16.7. The third-order valence-electron chi connectivity index (χ3n) is 3.11. The molecule has 1 amide bonds. The lowest BCUT2D eigenvalue weighted by atomic mass is 10.0. The standard InChI is InChI=1S/C17H15Br2NO3/c18-16(19)15(21)14(13-9-5-2-6-10-13)20-17(22)23-11-12-7-3-1-4-8-12/h1-10,14,16H,11H2,(H,20,22). The van der Waals surface area contributed by atoms with E-state index in [1.165, 1.54) is 0 Å². The van der Waals surface area contributed by atoms with E-state index >= 15 is 0 Å². The number of ether oxygens (including phenoxy) is 1. The topological polar surface area (TPSA) is 55.4 Å². The molecule has 23 heavy (non-hydrogen) atoms. The second-order valence-electron chi connectivity index (χ2n) is 4.75. The van der Waals surface area contributed by atoms with E-state index in [4.69, 9.17) is 4.74 Å². The van der Waals surface area contributed by atoms with Crippen LogP contribution in [0.15, 0.2) is 60.7 Å². The summed E-state index contributed by atoms with van der Waals surface area (Å²) < 4.78 is 4.62. The fraction of sp³-hybridized carbons (Fsp3) is 0.176. The third kappa shape index (κ3) is 5.48. The zero-order valence-electron chi connectivity index (χ0n) is 12.1. The molecule has 0 saturated heterocycles. The number of carbonyl (C=O) groups is 2. The molecule has 0 aromatic heterocycles. The highest BCUT2D eigenvalue weighted by molar-refractivity contribution is 9.25. The minimum atomic E-state index is -0.789. The van der Waals surface area contributed by atoms with Crippen LogP contribution in [0.2, 0.25) is 0 Å². The molecule has 0 radical (unpaired) electrons. The second-order valence-corrected chi connectivity index (χ2v) is 7.81. The summed E-state index contributed by atoms with van der Waals surface area (Å²) in [5.41, 5.74) is 1.57. The summed E-state index contributed by atoms with van der Waals surface area (Å²) in [6.07, 6.45) is -0.642. The van der Waals surface area contributed by atoms with Crippen LogP contribution in [-0.4, -0.2) is 15.6 Å². The van der Waals surface area contributed by atoms with E-state index in [2.05, 4.69) is 37.2 Å². The molecule has 0 bridgehead atoms. The van der Waals surface area contributed by atoms with Crippen LogP contribution < -0.4 is 5.32 Å². The Bertz CT molecular complexity index is 647. The van der Waals surface area contributed by atoms with E-state index < -0.39 is 15.9 Å². The maximum atomic E-state index is 12.3. The number of ketones is 1. The summed E-state index contributed by atoms with van der Waals surface area (Å²) >= 11 is 6.36. The van der Waals surface area contributed by atoms with Gasteiger partial charge in [-0.15, -0.1) is 0 Å². The SMILES string of the molecule is O=C(NC(C(=O)C(Br)Br)c1ccccc1)OCc1ccccc1. The van der Waals surface area contributed by atoms with E-state index in [0.29, 0.717) is 5.56 Å². The van der Waals surface area contributed by atoms with Gasteiger partial charge >= 0.3 is 6.09 Å². The van der Waals surface area contributed by atoms with Gasteiger partial charge in [0.25, 0.3) is 0 Å². The first-order valence-corrected chi connectivity index (χ1v) is 8.75. The monoisotopic (exact) mass is 439 g/mol. The van der Waals surface area contributed by atoms with Crippen LogP contribution in [0.4, 0.5) is 4.79 Å². The number of hydrogen-bond acceptors (Lipinski definition) is 3. The van der Waals surface area contributed by atoms with Gasteiger partial charge in [0.05, 0.1) is 0 Å². The molecule has 120 valence electrons. The molecule has 0 aliphatic heterocycles. The van der Waals surface area contributed by atoms with Crippen LogP contribution in [0.5, 0.6) is 0 Å². The van der Waals surface area contributed by atoms with Crippen molar-refractivity contribution in [1.29, 1.82) is 0 Å². The number of hydrogen-bond donors (Lipinski definition) is 1. The Hall–Kier alpha value is -1.66. The van der Waals surface area contributed by atoms with Crippen LogP contribution in [0.1, 0.15) is 17.2 Å². The van der Waals surface area contributed by atoms with Crippen molar-refractivity contribution in [1.82, 2.24) is 5.32 Å². The molecule has 2 aromatic rings. The molecule has 2 rings (SSSR count). The number of amides is 1. The molecule has 0 heterocycles. The number of nitrogens with one attached hydrogen (secondary N) is 1. The average molecular weight is 441 g/mol. The molecule has 0 aliphatic rings. The van der Waals surface area contributed by atoms with Crippen LogP contribution in [0, 0.1) is 0 Å². The van der Waals surface area contributed by atoms with Crippen molar-refractivity contribution >= 4 is 43.7 Å². The third-order valence-corrected chi connectivity index (χ3v) is 4.01. The van der Waals surface area contributed by atoms with E-state index in [1.807, 2.05) is 48.5 Å². The molecule has 0 spiro atoms. The van der Waals surface area contributed by atoms with Crippen LogP contribution >= 0.6 is 31.9 Å². The highest BCUT2D eigenvalue weighted by Crippen LogP contribution is 2.22. The van der Waals surface area contributed by atoms with Gasteiger partial charge in [0.1, 0.15) is 16.4 Å². The summed E-state index contributed by atoms with van der Waals surface area (Å²) in [5.74, 6) is -0.215. The molecule has 0 saturated carbocycles. The highest BCUT2D eigenvalue weighted by Gasteiger charge is 2.27. The van der Waals surface area contributed by atoms with Gasteiger partial charge in [-0.2, -0.15) is 0 Å². The van der Waals surface area contributed by atoms with Crippen molar-refractivity contribution in [2.45, 2.75) is 16.4 Å². The van der Waals surface area contributed by atoms with Crippen LogP contribution in [0.25, 0.3) is 0 Å². The molecular weight excluding hydrogens is 426 g/mol. The molecule has 6 heteroatoms. The van der Waals surface area contributed by atoms with E-state index in [1.54, 1.807) is 12.1 Å². The van der Waals surface area contributed by atoms with Crippen LogP contribution in [0.3, 0.4) is 0 Å². The predicted octanol–water partition coefficient (Wildman–Crippen LogP) is 4.34. The number of halogens is 2. The first-order chi connectivity index (χ1) is 11.1. The Morgan fingerprint density at radius 2 is 1.52 bits per heavy atom. The summed E-state index contributed by atoms with van der Waals surface area (Å²) in [7, 11) is 0. The largest absolute Gasteiger partial charge is 0.445 e. The summed E-state index contributed by atoms with van der Waals surface area (Å²) in [4.78, 5) is 24.3. The molecule has 1 atom stereocenters. The quantitative estimate of drug-likeness (QED) is 0.679. The maximum Gasteiger partial charge on any atom is 0.408 e. The minimum Gasteiger partial charge on any atom is -0.445 e. The fourth-order valence-corrected chi connectivity index (χ4v) is 2.50. The van der Waals surface area contributed by atoms with E-state index in [9.17, 15) is 9.59 Å². The van der Waals surface area contributed by atoms with Gasteiger partial charge in [-0.25, -0.2) is 4.79 Å². The average Bonchev–Trinajstić information content (AvgIpc) is 2.59. The first-order valence-electron chi connectivity index (χ1n) is 6.92. The molecule has 4 nitrogen and oxygen atoms in total. The summed E-state index contributed by atoms with van der Waals surface area (Å²) in [6.45, 7) is 0.147. The molecule has 0 fully saturated rings. The molecule has 2 aromatic carbocycles. The first kappa shape index (κ1) is 17.7. The number of alkyl halides is 2. The van der Waals surface area contributed by atoms with Crippen molar-refractivity contribution in [3.63, 3.8) is 0 Å². The minimum absolute atomic E-state index is 0.147. The maximum absolute atomic E-state index is 12.3. The number of benzene rings is 2. The molecule has 0 aliphatic carbocycles. The summed E-state index contributed by atoms with van der Waals surface area (Å²) in [6, 6.07) is 17.6. The van der Waals surface area contributed by atoms with Gasteiger partial charge in [-0.05, 0) is 11.1 Å². The van der Waals surface area contributed by atoms with Gasteiger partial charge < -0.3 is 10.1 Å². The Labute approximate surface area is 151 Å². The molecule has 1 unspecified atom stereocenters. The van der Waals surface area contributed by atoms with Crippen LogP contribution in [-0.2, 0) is 16.1 Å². The predicted molar refractivity (Wildman–Crippen MR) is 95.6 cm³/mol. The summed E-state index contributed by atoms with van der Waals surface area (Å²) in [5, 5.41) is 2.61. The number of alkyl carbamates (subject to hydrolysis) is 1. The van der Waals surface area contributed by atoms with Gasteiger partial charge in [-0.3, -0.25) is 4.79 Å². The van der Waals surface area contributed by atoms with E-state index in [0.717, 1.165) is 5.56 Å². The van der Waals surface area contributed by atoms with Crippen molar-refractivity contribution < 1.29 is 14.3 Å². The lowest BCUT2D eigenvalue weighted by Crippen LogP contribution is -2.36. The lowest BCUT2D eigenvalue weighted by molar-refractivity contribution is -0.119. The zero-order valence-corrected chi connectivity index (χ0v) is 15.3. The van der Waals surface area contributed by atoms with Gasteiger partial charge in [0.15, 0.2) is 5.78 Å². The second kappa shape index (κ2) is 8.84. The van der Waals surface area contributed by atoms with E-state index in [-0.39, 0.29) is 12.4 Å². The Morgan fingerprint density at radius 3 is 2.09 bits per heavy atom. The van der Waals surface area contributed by atoms with Crippen molar-refractivity contribution in [3.8, 4) is 0 Å². The van der Waals surface area contributed by atoms with Gasteiger partial charge in [0.2, 0.25) is 0 Å². The van der Waals surface area contributed by atoms with Crippen molar-refractivity contribution in [2.24, 2.45) is 0 Å². The molecule has 1 N–H and O–H groups in total. The fourth-order valence-electron chi connectivity index (χ4n) is 1.97. The van der Waals surface area contributed by atoms with Crippen molar-refractivity contribution in [2.75, 3.05) is 0 Å². The smallest absolute Gasteiger partial charge is 0.408 e. The Kier molecular flexibility index (Phi) is 6.80. The Morgan fingerprint density at radius 1 is 0.957 bits per heavy atom. The normalized spacial score (nSPS) is 11.8. The lowest BCUT2D eigenvalue weighted by Gasteiger charge is -2.18. The van der Waals surface area contributed by atoms with Gasteiger partial charge in [-0.1, -0.05) is 92.5 Å². The Balaban J connectivity index is 2.02. The number of rotatable bonds is 6. The highest BCUT2D eigenvalue weighted by atomic mass is 79.9.